The van der Waals surface area contributed by atoms with Crippen LogP contribution in [0.3, 0.4) is 0 Å². The second kappa shape index (κ2) is 6.98. The number of amides is 1. The molecule has 1 saturated heterocycles. The van der Waals surface area contributed by atoms with Gasteiger partial charge in [0.05, 0.1) is 4.90 Å². The third-order valence-electron chi connectivity index (χ3n) is 3.98. The average molecular weight is 345 g/mol. The first-order valence-electron chi connectivity index (χ1n) is 7.48. The van der Waals surface area contributed by atoms with Crippen molar-refractivity contribution in [2.75, 3.05) is 19.6 Å². The van der Waals surface area contributed by atoms with Gasteiger partial charge in [-0.05, 0) is 51.0 Å². The molecule has 1 aliphatic rings. The highest BCUT2D eigenvalue weighted by Crippen LogP contribution is 2.27. The monoisotopic (exact) mass is 344 g/mol. The molecule has 7 heteroatoms. The lowest BCUT2D eigenvalue weighted by Crippen LogP contribution is -2.47. The summed E-state index contributed by atoms with van der Waals surface area (Å²) in [5.74, 6) is -0.111. The molecular formula is C15H21ClN2O3S. The highest BCUT2D eigenvalue weighted by molar-refractivity contribution is 7.89. The molecule has 0 spiro atoms. The van der Waals surface area contributed by atoms with Crippen molar-refractivity contribution in [3.63, 3.8) is 0 Å². The van der Waals surface area contributed by atoms with E-state index in [1.54, 1.807) is 17.0 Å². The van der Waals surface area contributed by atoms with Crippen molar-refractivity contribution in [3.05, 3.63) is 29.3 Å². The van der Waals surface area contributed by atoms with Crippen molar-refractivity contribution < 1.29 is 13.2 Å². The summed E-state index contributed by atoms with van der Waals surface area (Å²) in [4.78, 5) is 14.4. The zero-order chi connectivity index (χ0) is 16.3. The summed E-state index contributed by atoms with van der Waals surface area (Å²) in [6, 6.07) is 5.46. The molecule has 0 radical (unpaired) electrons. The van der Waals surface area contributed by atoms with Crippen LogP contribution in [0.15, 0.2) is 29.2 Å². The minimum Gasteiger partial charge on any atom is -0.342 e. The quantitative estimate of drug-likeness (QED) is 0.824. The van der Waals surface area contributed by atoms with Crippen molar-refractivity contribution in [2.24, 2.45) is 0 Å². The molecule has 0 aromatic heterocycles. The third-order valence-corrected chi connectivity index (χ3v) is 6.16. The summed E-state index contributed by atoms with van der Waals surface area (Å²) in [5, 5.41) is 0.483. The van der Waals surface area contributed by atoms with Crippen LogP contribution in [-0.2, 0) is 14.8 Å². The number of rotatable bonds is 5. The Labute approximate surface area is 136 Å². The summed E-state index contributed by atoms with van der Waals surface area (Å²) in [6.07, 6.45) is 1.27. The topological polar surface area (TPSA) is 57.7 Å². The van der Waals surface area contributed by atoms with Crippen molar-refractivity contribution in [2.45, 2.75) is 37.6 Å². The number of hydrogen-bond acceptors (Lipinski definition) is 3. The fourth-order valence-electron chi connectivity index (χ4n) is 2.76. The summed E-state index contributed by atoms with van der Waals surface area (Å²) >= 11 is 5.81. The van der Waals surface area contributed by atoms with Gasteiger partial charge in [-0.1, -0.05) is 11.6 Å². The van der Waals surface area contributed by atoms with Gasteiger partial charge in [-0.3, -0.25) is 4.79 Å². The molecule has 1 aliphatic heterocycles. The maximum Gasteiger partial charge on any atom is 0.243 e. The van der Waals surface area contributed by atoms with E-state index in [-0.39, 0.29) is 10.8 Å². The largest absolute Gasteiger partial charge is 0.342 e. The van der Waals surface area contributed by atoms with Gasteiger partial charge in [0.25, 0.3) is 0 Å². The van der Waals surface area contributed by atoms with Crippen LogP contribution < -0.4 is 0 Å². The van der Waals surface area contributed by atoms with E-state index < -0.39 is 16.1 Å². The van der Waals surface area contributed by atoms with Gasteiger partial charge >= 0.3 is 0 Å². The van der Waals surface area contributed by atoms with Crippen molar-refractivity contribution in [1.82, 2.24) is 9.21 Å². The number of carbonyl (C=O) groups is 1. The molecule has 2 rings (SSSR count). The number of likely N-dealkylation sites (N-methyl/N-ethyl adjacent to an activating group) is 1. The predicted molar refractivity (Wildman–Crippen MR) is 86.3 cm³/mol. The van der Waals surface area contributed by atoms with Crippen LogP contribution in [0.4, 0.5) is 0 Å². The summed E-state index contributed by atoms with van der Waals surface area (Å²) in [6.45, 7) is 5.34. The first-order chi connectivity index (χ1) is 10.4. The van der Waals surface area contributed by atoms with Gasteiger partial charge in [-0.15, -0.1) is 0 Å². The lowest BCUT2D eigenvalue weighted by molar-refractivity contribution is -0.134. The minimum atomic E-state index is -3.67. The molecule has 1 aromatic carbocycles. The molecule has 1 aromatic rings. The van der Waals surface area contributed by atoms with E-state index in [1.807, 2.05) is 13.8 Å². The van der Waals surface area contributed by atoms with Crippen molar-refractivity contribution >= 4 is 27.5 Å². The smallest absolute Gasteiger partial charge is 0.243 e. The van der Waals surface area contributed by atoms with Crippen LogP contribution in [0, 0.1) is 0 Å². The van der Waals surface area contributed by atoms with E-state index in [0.717, 1.165) is 0 Å². The number of halogens is 1. The first kappa shape index (κ1) is 17.2. The maximum absolute atomic E-state index is 12.8. The normalized spacial score (nSPS) is 19.3. The number of hydrogen-bond donors (Lipinski definition) is 0. The van der Waals surface area contributed by atoms with Gasteiger partial charge in [0.15, 0.2) is 0 Å². The molecule has 0 saturated carbocycles. The Balaban J connectivity index is 2.29. The summed E-state index contributed by atoms with van der Waals surface area (Å²) in [7, 11) is -3.67. The Morgan fingerprint density at radius 3 is 2.41 bits per heavy atom. The van der Waals surface area contributed by atoms with Crippen LogP contribution in [0.5, 0.6) is 0 Å². The highest BCUT2D eigenvalue weighted by atomic mass is 35.5. The molecule has 0 bridgehead atoms. The molecule has 1 amide bonds. The zero-order valence-electron chi connectivity index (χ0n) is 12.8. The van der Waals surface area contributed by atoms with E-state index in [0.29, 0.717) is 37.5 Å². The Hall–Kier alpha value is -1.11. The summed E-state index contributed by atoms with van der Waals surface area (Å²) < 4.78 is 26.9. The van der Waals surface area contributed by atoms with E-state index in [2.05, 4.69) is 0 Å². The summed E-state index contributed by atoms with van der Waals surface area (Å²) in [5.41, 5.74) is 0. The van der Waals surface area contributed by atoms with Gasteiger partial charge in [-0.25, -0.2) is 8.42 Å². The van der Waals surface area contributed by atoms with Gasteiger partial charge in [-0.2, -0.15) is 4.31 Å². The lowest BCUT2D eigenvalue weighted by atomic mass is 10.2. The Morgan fingerprint density at radius 1 is 1.27 bits per heavy atom. The van der Waals surface area contributed by atoms with Crippen LogP contribution in [0.25, 0.3) is 0 Å². The molecule has 5 nitrogen and oxygen atoms in total. The first-order valence-corrected chi connectivity index (χ1v) is 9.29. The van der Waals surface area contributed by atoms with Crippen molar-refractivity contribution in [1.29, 1.82) is 0 Å². The van der Waals surface area contributed by atoms with Crippen molar-refractivity contribution in [3.8, 4) is 0 Å². The number of benzene rings is 1. The zero-order valence-corrected chi connectivity index (χ0v) is 14.4. The van der Waals surface area contributed by atoms with E-state index >= 15 is 0 Å². The average Bonchev–Trinajstić information content (AvgIpc) is 2.99. The molecule has 0 unspecified atom stereocenters. The van der Waals surface area contributed by atoms with E-state index in [4.69, 9.17) is 11.6 Å². The molecule has 1 heterocycles. The second-order valence-electron chi connectivity index (χ2n) is 5.24. The fraction of sp³-hybridized carbons (Fsp3) is 0.533. The van der Waals surface area contributed by atoms with Crippen LogP contribution >= 0.6 is 11.6 Å². The molecule has 0 N–H and O–H groups in total. The van der Waals surface area contributed by atoms with Gasteiger partial charge in [0, 0.05) is 24.7 Å². The van der Waals surface area contributed by atoms with Gasteiger partial charge < -0.3 is 4.90 Å². The van der Waals surface area contributed by atoms with E-state index in [9.17, 15) is 13.2 Å². The van der Waals surface area contributed by atoms with Crippen LogP contribution in [0.2, 0.25) is 5.02 Å². The highest BCUT2D eigenvalue weighted by Gasteiger charge is 2.40. The SMILES string of the molecule is CCN(CC)C(=O)[C@H]1CCCN1S(=O)(=O)c1ccc(Cl)cc1. The van der Waals surface area contributed by atoms with E-state index in [1.165, 1.54) is 16.4 Å². The lowest BCUT2D eigenvalue weighted by Gasteiger charge is -2.28. The second-order valence-corrected chi connectivity index (χ2v) is 7.57. The minimum absolute atomic E-state index is 0.111. The third kappa shape index (κ3) is 3.29. The van der Waals surface area contributed by atoms with Crippen LogP contribution in [0.1, 0.15) is 26.7 Å². The molecule has 22 heavy (non-hydrogen) atoms. The molecule has 1 atom stereocenters. The van der Waals surface area contributed by atoms with Crippen LogP contribution in [-0.4, -0.2) is 49.2 Å². The maximum atomic E-state index is 12.8. The van der Waals surface area contributed by atoms with Gasteiger partial charge in [0.1, 0.15) is 6.04 Å². The Bertz CT molecular complexity index is 627. The molecule has 1 fully saturated rings. The predicted octanol–water partition coefficient (Wildman–Crippen LogP) is 2.36. The number of nitrogens with zero attached hydrogens (tertiary/aromatic N) is 2. The molecular weight excluding hydrogens is 324 g/mol. The molecule has 122 valence electrons. The molecule has 0 aliphatic carbocycles. The van der Waals surface area contributed by atoms with Gasteiger partial charge in [0.2, 0.25) is 15.9 Å². The Kier molecular flexibility index (Phi) is 5.47. The Morgan fingerprint density at radius 2 is 1.86 bits per heavy atom. The number of sulfonamides is 1. The number of carbonyl (C=O) groups excluding carboxylic acids is 1. The fourth-order valence-corrected chi connectivity index (χ4v) is 4.54. The standard InChI is InChI=1S/C15H21ClN2O3S/c1-3-17(4-2)15(19)14-6-5-11-18(14)22(20,21)13-9-7-12(16)8-10-13/h7-10,14H,3-6,11H2,1-2H3/t14-/m1/s1.